The lowest BCUT2D eigenvalue weighted by atomic mass is 9.92. The van der Waals surface area contributed by atoms with Gasteiger partial charge in [0.25, 0.3) is 0 Å². The van der Waals surface area contributed by atoms with Gasteiger partial charge in [-0.1, -0.05) is 12.1 Å². The predicted octanol–water partition coefficient (Wildman–Crippen LogP) is 4.15. The maximum atomic E-state index is 12.7. The number of para-hydroxylation sites is 2. The Labute approximate surface area is 177 Å². The standard InChI is InChI=1S/C20H23F3N6O2/c1-12(2)29-19(30-15-5-3-4-6-16(15)31-20(21,22)23)26-18(27-29)25-17-13-7-8-14(17)10-28(9-13)11-24/h3-6,12-14,17H,7-10H2,1-2H3,(H,25,27)/t13-,14+,17-. The molecular formula is C20H23F3N6O2. The van der Waals surface area contributed by atoms with E-state index < -0.39 is 12.1 Å². The predicted molar refractivity (Wildman–Crippen MR) is 104 cm³/mol. The van der Waals surface area contributed by atoms with E-state index >= 15 is 0 Å². The first-order valence-electron chi connectivity index (χ1n) is 10.1. The number of rotatable bonds is 6. The third-order valence-electron chi connectivity index (χ3n) is 5.64. The summed E-state index contributed by atoms with van der Waals surface area (Å²) in [6.45, 7) is 5.14. The fourth-order valence-electron chi connectivity index (χ4n) is 4.31. The van der Waals surface area contributed by atoms with E-state index in [1.165, 1.54) is 22.9 Å². The van der Waals surface area contributed by atoms with Crippen LogP contribution in [0.1, 0.15) is 32.7 Å². The van der Waals surface area contributed by atoms with E-state index in [1.54, 1.807) is 11.0 Å². The first-order chi connectivity index (χ1) is 14.7. The highest BCUT2D eigenvalue weighted by Crippen LogP contribution is 2.39. The molecule has 2 fully saturated rings. The molecule has 1 saturated carbocycles. The van der Waals surface area contributed by atoms with Gasteiger partial charge < -0.3 is 19.7 Å². The van der Waals surface area contributed by atoms with Crippen molar-refractivity contribution >= 4 is 5.95 Å². The fraction of sp³-hybridized carbons (Fsp3) is 0.550. The van der Waals surface area contributed by atoms with Crippen LogP contribution in [0.2, 0.25) is 0 Å². The van der Waals surface area contributed by atoms with Crippen molar-refractivity contribution in [1.29, 1.82) is 5.26 Å². The van der Waals surface area contributed by atoms with Crippen molar-refractivity contribution in [2.24, 2.45) is 11.8 Å². The minimum absolute atomic E-state index is 0.0672. The minimum Gasteiger partial charge on any atom is -0.420 e. The Morgan fingerprint density at radius 1 is 1.16 bits per heavy atom. The molecule has 0 amide bonds. The van der Waals surface area contributed by atoms with Crippen molar-refractivity contribution < 1.29 is 22.6 Å². The van der Waals surface area contributed by atoms with Crippen LogP contribution >= 0.6 is 0 Å². The summed E-state index contributed by atoms with van der Waals surface area (Å²) >= 11 is 0. The van der Waals surface area contributed by atoms with E-state index in [9.17, 15) is 18.4 Å². The lowest BCUT2D eigenvalue weighted by molar-refractivity contribution is -0.275. The molecule has 1 aromatic carbocycles. The number of hydrogen-bond acceptors (Lipinski definition) is 7. The second-order valence-electron chi connectivity index (χ2n) is 8.13. The fourth-order valence-corrected chi connectivity index (χ4v) is 4.31. The number of anilines is 1. The van der Waals surface area contributed by atoms with Crippen LogP contribution in [0.15, 0.2) is 24.3 Å². The molecular weight excluding hydrogens is 413 g/mol. The number of fused-ring (bicyclic) bond motifs is 2. The molecule has 2 bridgehead atoms. The molecule has 3 atom stereocenters. The number of nitrogens with one attached hydrogen (secondary N) is 1. The molecule has 0 radical (unpaired) electrons. The first-order valence-corrected chi connectivity index (χ1v) is 10.1. The molecule has 8 nitrogen and oxygen atoms in total. The molecule has 4 rings (SSSR count). The summed E-state index contributed by atoms with van der Waals surface area (Å²) in [5, 5.41) is 17.0. The van der Waals surface area contributed by atoms with Gasteiger partial charge in [0.1, 0.15) is 0 Å². The highest BCUT2D eigenvalue weighted by molar-refractivity contribution is 5.42. The van der Waals surface area contributed by atoms with Crippen LogP contribution in [0, 0.1) is 23.3 Å². The lowest BCUT2D eigenvalue weighted by Crippen LogP contribution is -2.46. The van der Waals surface area contributed by atoms with E-state index in [-0.39, 0.29) is 23.8 Å². The summed E-state index contributed by atoms with van der Waals surface area (Å²) in [5.41, 5.74) is 0. The SMILES string of the molecule is CC(C)n1nc(N[C@@H]2[C@@H]3CC[C@H]2CN(C#N)C3)nc1Oc1ccccc1OC(F)(F)F. The van der Waals surface area contributed by atoms with Crippen molar-refractivity contribution in [2.75, 3.05) is 18.4 Å². The third kappa shape index (κ3) is 4.62. The van der Waals surface area contributed by atoms with Crippen LogP contribution in [-0.2, 0) is 0 Å². The Balaban J connectivity index is 1.55. The number of nitrogens with zero attached hydrogens (tertiary/aromatic N) is 5. The molecule has 1 aliphatic carbocycles. The van der Waals surface area contributed by atoms with Crippen LogP contribution in [0.3, 0.4) is 0 Å². The summed E-state index contributed by atoms with van der Waals surface area (Å²) in [6.07, 6.45) is -0.564. The largest absolute Gasteiger partial charge is 0.573 e. The third-order valence-corrected chi connectivity index (χ3v) is 5.64. The molecule has 1 saturated heterocycles. The normalized spacial score (nSPS) is 23.0. The van der Waals surface area contributed by atoms with E-state index in [0.29, 0.717) is 30.9 Å². The first kappa shape index (κ1) is 21.1. The van der Waals surface area contributed by atoms with Gasteiger partial charge in [0.15, 0.2) is 17.7 Å². The van der Waals surface area contributed by atoms with Crippen LogP contribution in [0.4, 0.5) is 19.1 Å². The summed E-state index contributed by atoms with van der Waals surface area (Å²) in [7, 11) is 0. The van der Waals surface area contributed by atoms with Gasteiger partial charge in [-0.15, -0.1) is 18.3 Å². The molecule has 2 aliphatic rings. The van der Waals surface area contributed by atoms with Crippen LogP contribution in [0.5, 0.6) is 17.5 Å². The molecule has 0 spiro atoms. The molecule has 166 valence electrons. The summed E-state index contributed by atoms with van der Waals surface area (Å²) in [5.74, 6) is 0.419. The van der Waals surface area contributed by atoms with Crippen LogP contribution in [-0.4, -0.2) is 45.2 Å². The zero-order chi connectivity index (χ0) is 22.2. The Bertz CT molecular complexity index is 957. The number of benzene rings is 1. The quantitative estimate of drug-likeness (QED) is 0.681. The molecule has 1 aromatic heterocycles. The Morgan fingerprint density at radius 2 is 1.81 bits per heavy atom. The molecule has 11 heteroatoms. The monoisotopic (exact) mass is 436 g/mol. The lowest BCUT2D eigenvalue weighted by Gasteiger charge is -2.35. The van der Waals surface area contributed by atoms with Gasteiger partial charge in [-0.25, -0.2) is 4.68 Å². The van der Waals surface area contributed by atoms with Gasteiger partial charge in [-0.3, -0.25) is 0 Å². The number of nitriles is 1. The number of likely N-dealkylation sites (tertiary alicyclic amines) is 1. The van der Waals surface area contributed by atoms with Gasteiger partial charge in [0.2, 0.25) is 5.95 Å². The summed E-state index contributed by atoms with van der Waals surface area (Å²) in [6, 6.07) is 5.61. The number of aromatic nitrogens is 3. The number of piperidine rings is 1. The minimum atomic E-state index is -4.84. The molecule has 31 heavy (non-hydrogen) atoms. The molecule has 1 aliphatic heterocycles. The zero-order valence-electron chi connectivity index (χ0n) is 17.1. The van der Waals surface area contributed by atoms with E-state index in [1.807, 2.05) is 13.8 Å². The average Bonchev–Trinajstić information content (AvgIpc) is 3.19. The van der Waals surface area contributed by atoms with E-state index in [4.69, 9.17) is 4.74 Å². The van der Waals surface area contributed by atoms with E-state index in [2.05, 4.69) is 26.3 Å². The number of halogens is 3. The van der Waals surface area contributed by atoms with Gasteiger partial charge in [-0.2, -0.15) is 10.2 Å². The second-order valence-corrected chi connectivity index (χ2v) is 8.13. The second kappa shape index (κ2) is 8.17. The van der Waals surface area contributed by atoms with Crippen molar-refractivity contribution in [3.8, 4) is 23.7 Å². The Morgan fingerprint density at radius 3 is 2.39 bits per heavy atom. The number of alkyl halides is 3. The van der Waals surface area contributed by atoms with Crippen molar-refractivity contribution in [3.63, 3.8) is 0 Å². The molecule has 2 aromatic rings. The van der Waals surface area contributed by atoms with Gasteiger partial charge in [-0.05, 0) is 50.7 Å². The summed E-state index contributed by atoms with van der Waals surface area (Å²) in [4.78, 5) is 6.18. The molecule has 2 heterocycles. The molecule has 1 N–H and O–H groups in total. The van der Waals surface area contributed by atoms with Crippen molar-refractivity contribution in [2.45, 2.75) is 45.1 Å². The zero-order valence-corrected chi connectivity index (χ0v) is 17.1. The maximum absolute atomic E-state index is 12.7. The van der Waals surface area contributed by atoms with Gasteiger partial charge in [0, 0.05) is 19.1 Å². The molecule has 0 unspecified atom stereocenters. The smallest absolute Gasteiger partial charge is 0.420 e. The topological polar surface area (TPSA) is 88.2 Å². The average molecular weight is 436 g/mol. The van der Waals surface area contributed by atoms with Gasteiger partial charge >= 0.3 is 12.4 Å². The maximum Gasteiger partial charge on any atom is 0.573 e. The highest BCUT2D eigenvalue weighted by atomic mass is 19.4. The van der Waals surface area contributed by atoms with Crippen LogP contribution < -0.4 is 14.8 Å². The number of hydrogen-bond donors (Lipinski definition) is 1. The van der Waals surface area contributed by atoms with Gasteiger partial charge in [0.05, 0.1) is 6.04 Å². The van der Waals surface area contributed by atoms with Crippen molar-refractivity contribution in [1.82, 2.24) is 19.7 Å². The Hall–Kier alpha value is -3.16. The van der Waals surface area contributed by atoms with Crippen molar-refractivity contribution in [3.05, 3.63) is 24.3 Å². The summed E-state index contributed by atoms with van der Waals surface area (Å²) < 4.78 is 49.4. The Kier molecular flexibility index (Phi) is 5.56. The number of ether oxygens (including phenoxy) is 2. The van der Waals surface area contributed by atoms with E-state index in [0.717, 1.165) is 12.8 Å². The highest BCUT2D eigenvalue weighted by Gasteiger charge is 2.42. The van der Waals surface area contributed by atoms with Crippen LogP contribution in [0.25, 0.3) is 0 Å².